The van der Waals surface area contributed by atoms with Crippen LogP contribution in [0.5, 0.6) is 0 Å². The Morgan fingerprint density at radius 3 is 1.04 bits per heavy atom. The molecule has 0 aromatic heterocycles. The average molecular weight is 1170 g/mol. The third-order valence-corrected chi connectivity index (χ3v) is 14.2. The number of amidine groups is 3. The quantitative estimate of drug-likeness (QED) is 0.120. The van der Waals surface area contributed by atoms with Gasteiger partial charge in [0.1, 0.15) is 6.61 Å². The average Bonchev–Trinajstić information content (AvgIpc) is 4.36. The summed E-state index contributed by atoms with van der Waals surface area (Å²) < 4.78 is 5.57. The molecule has 10 nitrogen and oxygen atoms in total. The minimum Gasteiger partial charge on any atom is -0.463 e. The van der Waals surface area contributed by atoms with Crippen molar-refractivity contribution in [2.24, 2.45) is 15.0 Å². The Labute approximate surface area is 508 Å². The van der Waals surface area contributed by atoms with Crippen LogP contribution in [0.25, 0.3) is 0 Å². The largest absolute Gasteiger partial charge is 0.463 e. The van der Waals surface area contributed by atoms with Gasteiger partial charge in [-0.1, -0.05) is 300 Å². The SMILES string of the molecule is CC.CC.CC.CC.CC.CC.CC(=O)N1CCOC1=NC(Cc1ccccc1)c1ccccc1.CC(=O)N1CCSC1=NC(Cc1ccccc1)c1ccccc1.CSC(=O)N1CCSC1=NC(Cc1ccccc1)c1ccccc1. The van der Waals surface area contributed by atoms with E-state index >= 15 is 0 Å². The van der Waals surface area contributed by atoms with Gasteiger partial charge in [-0.3, -0.25) is 39.1 Å². The number of ether oxygens (including phenoxy) is 1. The first-order valence-electron chi connectivity index (χ1n) is 29.6. The molecule has 3 heterocycles. The van der Waals surface area contributed by atoms with Gasteiger partial charge in [0.05, 0.1) is 24.7 Å². The summed E-state index contributed by atoms with van der Waals surface area (Å²) >= 11 is 4.58. The van der Waals surface area contributed by atoms with E-state index in [1.54, 1.807) is 52.1 Å². The van der Waals surface area contributed by atoms with Crippen molar-refractivity contribution in [2.75, 3.05) is 44.0 Å². The number of nitrogens with zero attached hydrogens (tertiary/aromatic N) is 6. The van der Waals surface area contributed by atoms with E-state index in [-0.39, 0.29) is 35.2 Å². The molecule has 0 saturated carbocycles. The molecule has 0 N–H and O–H groups in total. The van der Waals surface area contributed by atoms with E-state index in [0.717, 1.165) is 59.8 Å². The normalized spacial score (nSPS) is 15.2. The Balaban J connectivity index is 0.000000562. The van der Waals surface area contributed by atoms with Gasteiger partial charge in [-0.05, 0) is 58.9 Å². The van der Waals surface area contributed by atoms with Gasteiger partial charge in [0, 0.05) is 38.4 Å². The minimum absolute atomic E-state index is 0.0198. The number of thioether (sulfide) groups is 3. The van der Waals surface area contributed by atoms with Crippen LogP contribution >= 0.6 is 35.3 Å². The zero-order valence-corrected chi connectivity index (χ0v) is 54.4. The fourth-order valence-corrected chi connectivity index (χ4v) is 10.5. The third kappa shape index (κ3) is 26.2. The van der Waals surface area contributed by atoms with E-state index in [1.807, 2.05) is 174 Å². The van der Waals surface area contributed by atoms with Crippen LogP contribution < -0.4 is 0 Å². The maximum Gasteiger partial charge on any atom is 0.294 e. The molecule has 6 aromatic rings. The molecular weight excluding hydrogens is 1070 g/mol. The van der Waals surface area contributed by atoms with Crippen molar-refractivity contribution < 1.29 is 19.1 Å². The molecule has 3 amide bonds. The molecule has 6 aromatic carbocycles. The maximum atomic E-state index is 12.1. The number of benzene rings is 6. The van der Waals surface area contributed by atoms with E-state index < -0.39 is 0 Å². The number of hydrogen-bond acceptors (Lipinski definition) is 10. The van der Waals surface area contributed by atoms with E-state index in [4.69, 9.17) is 19.7 Å². The van der Waals surface area contributed by atoms with Gasteiger partial charge in [-0.25, -0.2) is 4.99 Å². The Morgan fingerprint density at radius 2 is 0.720 bits per heavy atom. The summed E-state index contributed by atoms with van der Waals surface area (Å²) in [4.78, 5) is 55.4. The van der Waals surface area contributed by atoms with Crippen LogP contribution in [0.15, 0.2) is 197 Å². The molecule has 3 fully saturated rings. The maximum absolute atomic E-state index is 12.1. The highest BCUT2D eigenvalue weighted by Gasteiger charge is 2.28. The molecule has 3 saturated heterocycles. The summed E-state index contributed by atoms with van der Waals surface area (Å²) in [5, 5.41) is 1.77. The molecule has 3 unspecified atom stereocenters. The smallest absolute Gasteiger partial charge is 0.294 e. The molecule has 3 aliphatic heterocycles. The van der Waals surface area contributed by atoms with Gasteiger partial charge in [-0.2, -0.15) is 0 Å². The van der Waals surface area contributed by atoms with Crippen molar-refractivity contribution in [3.8, 4) is 0 Å². The van der Waals surface area contributed by atoms with Gasteiger partial charge in [0.15, 0.2) is 10.3 Å². The summed E-state index contributed by atoms with van der Waals surface area (Å²) in [7, 11) is 0. The standard InChI is InChI=1S/C19H20N2O2.C19H20N2OS2.C19H20N2OS.6C2H6/c1-15(22)21-12-13-23-19(21)20-18(17-10-6-3-7-11-17)14-16-8-4-2-5-9-16;1-23-19(22)21-12-13-24-18(21)20-17(16-10-6-3-7-11-16)14-15-8-4-2-5-9-15;1-15(22)21-12-13-23-19(21)20-18(17-10-6-3-7-11-17)14-16-8-4-2-5-9-16;6*1-2/h2-11,18H,12-14H2,1H3;2-11,17H,12-14H2,1H3;2-11,18H,12-14H2,1H3;6*1-2H3. The van der Waals surface area contributed by atoms with Crippen LogP contribution in [-0.4, -0.2) is 92.1 Å². The van der Waals surface area contributed by atoms with Gasteiger partial charge < -0.3 is 4.74 Å². The molecule has 9 rings (SSSR count). The van der Waals surface area contributed by atoms with E-state index in [9.17, 15) is 14.4 Å². The first-order valence-corrected chi connectivity index (χ1v) is 32.8. The number of aliphatic imine (C=N–C) groups is 3. The molecule has 444 valence electrons. The lowest BCUT2D eigenvalue weighted by Crippen LogP contribution is -2.31. The van der Waals surface area contributed by atoms with Crippen molar-refractivity contribution in [2.45, 2.75) is 134 Å². The highest BCUT2D eigenvalue weighted by Crippen LogP contribution is 2.30. The molecule has 0 spiro atoms. The zero-order valence-electron chi connectivity index (χ0n) is 52.0. The Morgan fingerprint density at radius 1 is 0.427 bits per heavy atom. The fraction of sp³-hybridized carbons (Fsp3) is 0.391. The summed E-state index contributed by atoms with van der Waals surface area (Å²) in [5.41, 5.74) is 7.18. The molecule has 3 aliphatic rings. The van der Waals surface area contributed by atoms with E-state index in [2.05, 4.69) is 97.1 Å². The first kappa shape index (κ1) is 73.6. The number of carbonyl (C=O) groups is 3. The van der Waals surface area contributed by atoms with Gasteiger partial charge in [0.2, 0.25) is 11.8 Å². The second-order valence-electron chi connectivity index (χ2n) is 16.6. The lowest BCUT2D eigenvalue weighted by atomic mass is 9.99. The Kier molecular flexibility index (Phi) is 41.4. The zero-order chi connectivity index (χ0) is 60.9. The molecule has 0 aliphatic carbocycles. The summed E-state index contributed by atoms with van der Waals surface area (Å²) in [6, 6.07) is 62.2. The molecule has 82 heavy (non-hydrogen) atoms. The third-order valence-electron chi connectivity index (χ3n) is 11.7. The van der Waals surface area contributed by atoms with Gasteiger partial charge in [0.25, 0.3) is 11.3 Å². The molecule has 3 atom stereocenters. The number of rotatable bonds is 12. The number of amides is 3. The van der Waals surface area contributed by atoms with E-state index in [1.165, 1.54) is 39.6 Å². The predicted molar refractivity (Wildman–Crippen MR) is 360 cm³/mol. The monoisotopic (exact) mass is 1170 g/mol. The lowest BCUT2D eigenvalue weighted by molar-refractivity contribution is -0.125. The first-order chi connectivity index (χ1) is 40.2. The second kappa shape index (κ2) is 46.1. The summed E-state index contributed by atoms with van der Waals surface area (Å²) in [5.74, 6) is 1.87. The fourth-order valence-electron chi connectivity index (χ4n) is 8.04. The molecular formula is C69H96N6O4S3. The topological polar surface area (TPSA) is 107 Å². The van der Waals surface area contributed by atoms with Crippen LogP contribution in [0.1, 0.15) is 148 Å². The minimum atomic E-state index is -0.0754. The van der Waals surface area contributed by atoms with Crippen LogP contribution in [0, 0.1) is 0 Å². The highest BCUT2D eigenvalue weighted by atomic mass is 32.2. The number of carbonyl (C=O) groups excluding carboxylic acids is 3. The highest BCUT2D eigenvalue weighted by molar-refractivity contribution is 8.15. The van der Waals surface area contributed by atoms with Crippen molar-refractivity contribution in [3.05, 3.63) is 215 Å². The van der Waals surface area contributed by atoms with Crippen LogP contribution in [0.2, 0.25) is 0 Å². The summed E-state index contributed by atoms with van der Waals surface area (Å²) in [6.45, 7) is 29.7. The second-order valence-corrected chi connectivity index (χ2v) is 19.5. The van der Waals surface area contributed by atoms with Crippen molar-refractivity contribution in [1.29, 1.82) is 0 Å². The van der Waals surface area contributed by atoms with Crippen molar-refractivity contribution in [1.82, 2.24) is 14.7 Å². The molecule has 13 heteroatoms. The Bertz CT molecular complexity index is 2540. The van der Waals surface area contributed by atoms with Crippen LogP contribution in [-0.2, 0) is 33.6 Å². The van der Waals surface area contributed by atoms with Crippen LogP contribution in [0.3, 0.4) is 0 Å². The van der Waals surface area contributed by atoms with Crippen molar-refractivity contribution in [3.63, 3.8) is 0 Å². The molecule has 0 radical (unpaired) electrons. The van der Waals surface area contributed by atoms with E-state index in [0.29, 0.717) is 19.2 Å². The van der Waals surface area contributed by atoms with Crippen LogP contribution in [0.4, 0.5) is 4.79 Å². The molecule has 0 bridgehead atoms. The Hall–Kier alpha value is -6.41. The van der Waals surface area contributed by atoms with Gasteiger partial charge >= 0.3 is 0 Å². The van der Waals surface area contributed by atoms with Gasteiger partial charge in [-0.15, -0.1) is 0 Å². The number of hydrogen-bond donors (Lipinski definition) is 0. The predicted octanol–water partition coefficient (Wildman–Crippen LogP) is 18.1. The lowest BCUT2D eigenvalue weighted by Gasteiger charge is -2.18. The summed E-state index contributed by atoms with van der Waals surface area (Å²) in [6.07, 6.45) is 4.25. The van der Waals surface area contributed by atoms with Crippen molar-refractivity contribution >= 4 is 68.7 Å².